The Balaban J connectivity index is 1.25. The van der Waals surface area contributed by atoms with Gasteiger partial charge < -0.3 is 14.6 Å². The van der Waals surface area contributed by atoms with E-state index in [0.717, 1.165) is 64.6 Å². The number of nitrogens with zero attached hydrogens (tertiary/aromatic N) is 6. The Morgan fingerprint density at radius 3 is 2.62 bits per heavy atom. The SMILES string of the molecule is COc1cc2c(cc1CNCC1CCC1)C(=O)N(c1cc(-c3ccc(C#N)cc3-c3nncn3C)cc(C3CC3)n1)C2. The Hall–Kier alpha value is -4.55. The second kappa shape index (κ2) is 10.7. The maximum atomic E-state index is 13.9. The summed E-state index contributed by atoms with van der Waals surface area (Å²) < 4.78 is 7.58. The Kier molecular flexibility index (Phi) is 6.71. The second-order valence-corrected chi connectivity index (χ2v) is 11.7. The third kappa shape index (κ3) is 4.82. The van der Waals surface area contributed by atoms with Gasteiger partial charge in [-0.1, -0.05) is 12.5 Å². The van der Waals surface area contributed by atoms with Crippen molar-refractivity contribution < 1.29 is 9.53 Å². The maximum Gasteiger partial charge on any atom is 0.260 e. The van der Waals surface area contributed by atoms with Crippen LogP contribution in [-0.2, 0) is 20.1 Å². The van der Waals surface area contributed by atoms with Crippen LogP contribution in [0, 0.1) is 17.2 Å². The zero-order valence-corrected chi connectivity index (χ0v) is 23.9. The van der Waals surface area contributed by atoms with Gasteiger partial charge in [-0.3, -0.25) is 9.69 Å². The number of ether oxygens (including phenoxy) is 1. The van der Waals surface area contributed by atoms with Crippen molar-refractivity contribution in [2.75, 3.05) is 18.6 Å². The quantitative estimate of drug-likeness (QED) is 0.294. The zero-order valence-electron chi connectivity index (χ0n) is 23.9. The van der Waals surface area contributed by atoms with Crippen LogP contribution in [0.1, 0.15) is 70.8 Å². The molecule has 3 heterocycles. The number of aromatic nitrogens is 4. The van der Waals surface area contributed by atoms with Crippen LogP contribution in [-0.4, -0.2) is 39.3 Å². The molecule has 0 bridgehead atoms. The van der Waals surface area contributed by atoms with E-state index < -0.39 is 0 Å². The van der Waals surface area contributed by atoms with Gasteiger partial charge >= 0.3 is 0 Å². The van der Waals surface area contributed by atoms with Crippen LogP contribution >= 0.6 is 0 Å². The lowest BCUT2D eigenvalue weighted by molar-refractivity contribution is 0.0996. The first-order valence-electron chi connectivity index (χ1n) is 14.7. The minimum absolute atomic E-state index is 0.0485. The summed E-state index contributed by atoms with van der Waals surface area (Å²) >= 11 is 0. The fourth-order valence-corrected chi connectivity index (χ4v) is 6.00. The predicted molar refractivity (Wildman–Crippen MR) is 159 cm³/mol. The van der Waals surface area contributed by atoms with Gasteiger partial charge in [-0.25, -0.2) is 4.98 Å². The number of nitrogens with one attached hydrogen (secondary N) is 1. The molecule has 2 fully saturated rings. The first-order valence-corrected chi connectivity index (χ1v) is 14.7. The number of amides is 1. The number of pyridine rings is 1. The van der Waals surface area contributed by atoms with Gasteiger partial charge in [-0.15, -0.1) is 10.2 Å². The van der Waals surface area contributed by atoms with E-state index in [0.29, 0.717) is 41.8 Å². The molecule has 1 aliphatic heterocycles. The third-order valence-corrected chi connectivity index (χ3v) is 8.80. The molecule has 2 aromatic carbocycles. The first-order chi connectivity index (χ1) is 20.5. The lowest BCUT2D eigenvalue weighted by Crippen LogP contribution is -2.27. The molecule has 0 spiro atoms. The minimum atomic E-state index is -0.0485. The highest BCUT2D eigenvalue weighted by Crippen LogP contribution is 2.43. The summed E-state index contributed by atoms with van der Waals surface area (Å²) in [6, 6.07) is 15.9. The largest absolute Gasteiger partial charge is 0.496 e. The van der Waals surface area contributed by atoms with E-state index in [2.05, 4.69) is 27.6 Å². The average molecular weight is 560 g/mol. The van der Waals surface area contributed by atoms with Crippen LogP contribution in [0.3, 0.4) is 0 Å². The normalized spacial score (nSPS) is 16.3. The summed E-state index contributed by atoms with van der Waals surface area (Å²) in [6.07, 6.45) is 7.73. The van der Waals surface area contributed by atoms with Crippen molar-refractivity contribution in [3.8, 4) is 34.3 Å². The van der Waals surface area contributed by atoms with Gasteiger partial charge in [0.25, 0.3) is 5.91 Å². The maximum absolute atomic E-state index is 13.9. The van der Waals surface area contributed by atoms with E-state index in [1.54, 1.807) is 18.3 Å². The van der Waals surface area contributed by atoms with Gasteiger partial charge in [0, 0.05) is 41.9 Å². The van der Waals surface area contributed by atoms with E-state index in [9.17, 15) is 10.1 Å². The molecule has 42 heavy (non-hydrogen) atoms. The van der Waals surface area contributed by atoms with Crippen molar-refractivity contribution in [1.29, 1.82) is 5.26 Å². The smallest absolute Gasteiger partial charge is 0.260 e. The molecular formula is C33H33N7O2. The number of carbonyl (C=O) groups is 1. The van der Waals surface area contributed by atoms with E-state index in [1.807, 2.05) is 48.0 Å². The molecule has 2 aromatic heterocycles. The molecule has 0 saturated heterocycles. The van der Waals surface area contributed by atoms with Crippen LogP contribution < -0.4 is 15.0 Å². The number of carbonyl (C=O) groups excluding carboxylic acids is 1. The molecule has 4 aromatic rings. The molecule has 2 saturated carbocycles. The molecule has 7 rings (SSSR count). The van der Waals surface area contributed by atoms with Crippen LogP contribution in [0.2, 0.25) is 0 Å². The van der Waals surface area contributed by atoms with Crippen LogP contribution in [0.25, 0.3) is 22.5 Å². The lowest BCUT2D eigenvalue weighted by atomic mass is 9.85. The summed E-state index contributed by atoms with van der Waals surface area (Å²) in [6.45, 7) is 2.10. The van der Waals surface area contributed by atoms with Crippen molar-refractivity contribution in [3.05, 3.63) is 76.7 Å². The summed E-state index contributed by atoms with van der Waals surface area (Å²) in [4.78, 5) is 20.7. The summed E-state index contributed by atoms with van der Waals surface area (Å²) in [5.74, 6) is 3.19. The Labute approximate surface area is 245 Å². The highest BCUT2D eigenvalue weighted by molar-refractivity contribution is 6.10. The summed E-state index contributed by atoms with van der Waals surface area (Å²) in [7, 11) is 3.57. The molecule has 0 radical (unpaired) electrons. The molecule has 1 N–H and O–H groups in total. The van der Waals surface area contributed by atoms with Gasteiger partial charge in [0.2, 0.25) is 0 Å². The second-order valence-electron chi connectivity index (χ2n) is 11.7. The van der Waals surface area contributed by atoms with Gasteiger partial charge in [-0.2, -0.15) is 5.26 Å². The Bertz CT molecular complexity index is 1730. The van der Waals surface area contributed by atoms with Gasteiger partial charge in [0.15, 0.2) is 5.82 Å². The fourth-order valence-electron chi connectivity index (χ4n) is 6.00. The molecule has 3 aliphatic rings. The van der Waals surface area contributed by atoms with Crippen LogP contribution in [0.4, 0.5) is 5.82 Å². The molecule has 212 valence electrons. The third-order valence-electron chi connectivity index (χ3n) is 8.80. The van der Waals surface area contributed by atoms with Crippen molar-refractivity contribution >= 4 is 11.7 Å². The van der Waals surface area contributed by atoms with Crippen molar-refractivity contribution in [1.82, 2.24) is 25.1 Å². The molecule has 9 heteroatoms. The Morgan fingerprint density at radius 2 is 1.93 bits per heavy atom. The number of benzene rings is 2. The molecule has 0 unspecified atom stereocenters. The molecule has 0 atom stereocenters. The van der Waals surface area contributed by atoms with Crippen LogP contribution in [0.15, 0.2) is 48.8 Å². The van der Waals surface area contributed by atoms with Crippen molar-refractivity contribution in [2.45, 2.75) is 51.1 Å². The lowest BCUT2D eigenvalue weighted by Gasteiger charge is -2.25. The summed E-state index contributed by atoms with van der Waals surface area (Å²) in [5.41, 5.74) is 6.84. The number of rotatable bonds is 9. The van der Waals surface area contributed by atoms with Gasteiger partial charge in [0.1, 0.15) is 17.9 Å². The average Bonchev–Trinajstić information content (AvgIpc) is 3.68. The highest BCUT2D eigenvalue weighted by atomic mass is 16.5. The number of fused-ring (bicyclic) bond motifs is 1. The molecule has 2 aliphatic carbocycles. The molecule has 9 nitrogen and oxygen atoms in total. The van der Waals surface area contributed by atoms with Gasteiger partial charge in [0.05, 0.1) is 25.3 Å². The number of nitriles is 1. The fraction of sp³-hybridized carbons (Fsp3) is 0.364. The molecule has 1 amide bonds. The van der Waals surface area contributed by atoms with E-state index in [4.69, 9.17) is 9.72 Å². The number of hydrogen-bond acceptors (Lipinski definition) is 7. The number of aryl methyl sites for hydroxylation is 1. The van der Waals surface area contributed by atoms with E-state index >= 15 is 0 Å². The number of anilines is 1. The number of methoxy groups -OCH3 is 1. The monoisotopic (exact) mass is 559 g/mol. The van der Waals surface area contributed by atoms with E-state index in [-0.39, 0.29) is 5.91 Å². The van der Waals surface area contributed by atoms with Crippen LogP contribution in [0.5, 0.6) is 5.75 Å². The minimum Gasteiger partial charge on any atom is -0.496 e. The van der Waals surface area contributed by atoms with Gasteiger partial charge in [-0.05, 0) is 91.2 Å². The standard InChI is InChI=1S/C33H33N7O2/c1-39-19-36-38-32(39)28-10-21(15-34)6-9-26(28)23-12-29(22-7-8-22)37-31(14-23)40-18-25-13-30(42-2)24(11-27(25)33(40)41)17-35-16-20-4-3-5-20/h6,9-14,19-20,22,35H,3-5,7-8,16-18H2,1-2H3. The molecular weight excluding hydrogens is 526 g/mol. The Morgan fingerprint density at radius 1 is 1.07 bits per heavy atom. The first kappa shape index (κ1) is 26.4. The number of hydrogen-bond donors (Lipinski definition) is 1. The van der Waals surface area contributed by atoms with Crippen molar-refractivity contribution in [2.24, 2.45) is 13.0 Å². The highest BCUT2D eigenvalue weighted by Gasteiger charge is 2.33. The van der Waals surface area contributed by atoms with E-state index in [1.165, 1.54) is 19.3 Å². The topological polar surface area (TPSA) is 109 Å². The summed E-state index contributed by atoms with van der Waals surface area (Å²) in [5, 5.41) is 21.6. The predicted octanol–water partition coefficient (Wildman–Crippen LogP) is 5.35. The zero-order chi connectivity index (χ0) is 28.8. The van der Waals surface area contributed by atoms with Crippen molar-refractivity contribution in [3.63, 3.8) is 0 Å².